The molecular weight excluding hydrogens is 346 g/mol. The van der Waals surface area contributed by atoms with E-state index in [0.29, 0.717) is 13.1 Å². The molecule has 3 fully saturated rings. The van der Waals surface area contributed by atoms with Crippen molar-refractivity contribution in [3.8, 4) is 0 Å². The molecule has 1 saturated carbocycles. The van der Waals surface area contributed by atoms with E-state index in [0.717, 1.165) is 55.6 Å². The second-order valence-corrected chi connectivity index (χ2v) is 8.99. The minimum Gasteiger partial charge on any atom is -0.276 e. The van der Waals surface area contributed by atoms with Gasteiger partial charge in [0, 0.05) is 13.0 Å². The third kappa shape index (κ3) is 2.50. The predicted octanol–water partition coefficient (Wildman–Crippen LogP) is 3.71. The SMILES string of the molecule is O=C1CC2(CCCC2)C(=O)N1CN1CCC[C@@H]1c1nc2ccccc2s1. The highest BCUT2D eigenvalue weighted by molar-refractivity contribution is 7.18. The first kappa shape index (κ1) is 16.4. The van der Waals surface area contributed by atoms with Gasteiger partial charge in [0.1, 0.15) is 5.01 Å². The van der Waals surface area contributed by atoms with Crippen LogP contribution in [0.15, 0.2) is 24.3 Å². The first-order valence-electron chi connectivity index (χ1n) is 9.61. The van der Waals surface area contributed by atoms with Crippen molar-refractivity contribution in [1.82, 2.24) is 14.8 Å². The normalized spacial score (nSPS) is 26.0. The van der Waals surface area contributed by atoms with Gasteiger partial charge in [0.15, 0.2) is 0 Å². The highest BCUT2D eigenvalue weighted by Crippen LogP contribution is 2.47. The number of carbonyl (C=O) groups excluding carboxylic acids is 2. The summed E-state index contributed by atoms with van der Waals surface area (Å²) < 4.78 is 1.20. The van der Waals surface area contributed by atoms with Crippen molar-refractivity contribution < 1.29 is 9.59 Å². The summed E-state index contributed by atoms with van der Waals surface area (Å²) in [5, 5.41) is 1.11. The van der Waals surface area contributed by atoms with Gasteiger partial charge in [0.05, 0.1) is 28.3 Å². The maximum absolute atomic E-state index is 13.0. The molecule has 0 N–H and O–H groups in total. The molecule has 0 radical (unpaired) electrons. The number of hydrogen-bond acceptors (Lipinski definition) is 5. The Balaban J connectivity index is 1.38. The Morgan fingerprint density at radius 2 is 1.96 bits per heavy atom. The number of amides is 2. The third-order valence-corrected chi connectivity index (χ3v) is 7.47. The fourth-order valence-electron chi connectivity index (χ4n) is 4.93. The van der Waals surface area contributed by atoms with E-state index >= 15 is 0 Å². The van der Waals surface area contributed by atoms with E-state index in [9.17, 15) is 9.59 Å². The van der Waals surface area contributed by atoms with Crippen molar-refractivity contribution in [2.24, 2.45) is 5.41 Å². The molecule has 5 nitrogen and oxygen atoms in total. The summed E-state index contributed by atoms with van der Waals surface area (Å²) in [6, 6.07) is 8.42. The molecule has 3 heterocycles. The summed E-state index contributed by atoms with van der Waals surface area (Å²) in [4.78, 5) is 34.2. The highest BCUT2D eigenvalue weighted by atomic mass is 32.1. The number of rotatable bonds is 3. The van der Waals surface area contributed by atoms with Crippen molar-refractivity contribution in [2.45, 2.75) is 51.0 Å². The molecule has 0 bridgehead atoms. The molecule has 2 saturated heterocycles. The van der Waals surface area contributed by atoms with Gasteiger partial charge in [0.2, 0.25) is 11.8 Å². The molecule has 26 heavy (non-hydrogen) atoms. The summed E-state index contributed by atoms with van der Waals surface area (Å²) >= 11 is 1.74. The molecule has 3 aliphatic rings. The number of benzene rings is 1. The van der Waals surface area contributed by atoms with Crippen LogP contribution in [0.4, 0.5) is 0 Å². The number of carbonyl (C=O) groups is 2. The first-order valence-corrected chi connectivity index (χ1v) is 10.4. The van der Waals surface area contributed by atoms with Crippen LogP contribution in [0.5, 0.6) is 0 Å². The molecule has 1 aromatic carbocycles. The Labute approximate surface area is 157 Å². The molecule has 1 aromatic heterocycles. The molecule has 136 valence electrons. The highest BCUT2D eigenvalue weighted by Gasteiger charge is 2.53. The van der Waals surface area contributed by atoms with E-state index in [2.05, 4.69) is 11.0 Å². The maximum atomic E-state index is 13.0. The van der Waals surface area contributed by atoms with Crippen molar-refractivity contribution in [2.75, 3.05) is 13.2 Å². The number of likely N-dealkylation sites (tertiary alicyclic amines) is 2. The van der Waals surface area contributed by atoms with Gasteiger partial charge < -0.3 is 0 Å². The molecule has 2 aliphatic heterocycles. The van der Waals surface area contributed by atoms with Crippen LogP contribution in [-0.2, 0) is 9.59 Å². The summed E-state index contributed by atoms with van der Waals surface area (Å²) in [6.45, 7) is 1.35. The standard InChI is InChI=1S/C20H23N3O2S/c24-17-12-20(9-3-4-10-20)19(25)23(17)13-22-11-5-7-15(22)18-21-14-6-1-2-8-16(14)26-18/h1-2,6,8,15H,3-5,7,9-13H2/t15-/m1/s1. The molecule has 0 unspecified atom stereocenters. The summed E-state index contributed by atoms with van der Waals surface area (Å²) in [5.74, 6) is 0.0989. The zero-order valence-electron chi connectivity index (χ0n) is 14.8. The molecule has 5 rings (SSSR count). The number of thiazole rings is 1. The summed E-state index contributed by atoms with van der Waals surface area (Å²) in [7, 11) is 0. The lowest BCUT2D eigenvalue weighted by atomic mass is 9.85. The van der Waals surface area contributed by atoms with Crippen LogP contribution in [0.25, 0.3) is 10.2 Å². The Morgan fingerprint density at radius 1 is 1.15 bits per heavy atom. The van der Waals surface area contributed by atoms with E-state index in [1.54, 1.807) is 11.3 Å². The Morgan fingerprint density at radius 3 is 2.77 bits per heavy atom. The van der Waals surface area contributed by atoms with E-state index in [1.165, 1.54) is 9.60 Å². The maximum Gasteiger partial charge on any atom is 0.237 e. The van der Waals surface area contributed by atoms with Gasteiger partial charge in [-0.05, 0) is 37.8 Å². The van der Waals surface area contributed by atoms with Gasteiger partial charge in [0.25, 0.3) is 0 Å². The lowest BCUT2D eigenvalue weighted by Gasteiger charge is -2.28. The summed E-state index contributed by atoms with van der Waals surface area (Å²) in [6.07, 6.45) is 6.47. The molecule has 2 amide bonds. The quantitative estimate of drug-likeness (QED) is 0.774. The monoisotopic (exact) mass is 369 g/mol. The number of nitrogens with zero attached hydrogens (tertiary/aromatic N) is 3. The molecule has 6 heteroatoms. The van der Waals surface area contributed by atoms with Gasteiger partial charge in [-0.15, -0.1) is 11.3 Å². The van der Waals surface area contributed by atoms with Crippen LogP contribution in [-0.4, -0.2) is 39.8 Å². The van der Waals surface area contributed by atoms with E-state index in [4.69, 9.17) is 4.98 Å². The van der Waals surface area contributed by atoms with Gasteiger partial charge >= 0.3 is 0 Å². The third-order valence-electron chi connectivity index (χ3n) is 6.33. The van der Waals surface area contributed by atoms with Crippen LogP contribution >= 0.6 is 11.3 Å². The number of hydrogen-bond donors (Lipinski definition) is 0. The Kier molecular flexibility index (Phi) is 3.87. The van der Waals surface area contributed by atoms with Gasteiger partial charge in [-0.25, -0.2) is 4.98 Å². The van der Waals surface area contributed by atoms with Crippen LogP contribution in [0, 0.1) is 5.41 Å². The van der Waals surface area contributed by atoms with Gasteiger partial charge in [-0.2, -0.15) is 0 Å². The Hall–Kier alpha value is -1.79. The Bertz CT molecular complexity index is 838. The zero-order valence-corrected chi connectivity index (χ0v) is 15.6. The van der Waals surface area contributed by atoms with Gasteiger partial charge in [-0.3, -0.25) is 19.4 Å². The van der Waals surface area contributed by atoms with Crippen LogP contribution in [0.3, 0.4) is 0 Å². The minimum atomic E-state index is -0.373. The van der Waals surface area contributed by atoms with Gasteiger partial charge in [-0.1, -0.05) is 25.0 Å². The molecule has 2 aromatic rings. The zero-order chi connectivity index (χ0) is 17.7. The number of imide groups is 1. The van der Waals surface area contributed by atoms with Crippen LogP contribution in [0.2, 0.25) is 0 Å². The fourth-order valence-corrected chi connectivity index (χ4v) is 6.07. The fraction of sp³-hybridized carbons (Fsp3) is 0.550. The van der Waals surface area contributed by atoms with E-state index in [-0.39, 0.29) is 23.3 Å². The lowest BCUT2D eigenvalue weighted by molar-refractivity contribution is -0.144. The molecule has 1 atom stereocenters. The smallest absolute Gasteiger partial charge is 0.237 e. The van der Waals surface area contributed by atoms with E-state index < -0.39 is 0 Å². The number of aromatic nitrogens is 1. The average molecular weight is 369 g/mol. The number of para-hydroxylation sites is 1. The van der Waals surface area contributed by atoms with E-state index in [1.807, 2.05) is 18.2 Å². The molecule has 1 aliphatic carbocycles. The van der Waals surface area contributed by atoms with Crippen LogP contribution in [0.1, 0.15) is 56.0 Å². The molecular formula is C20H23N3O2S. The van der Waals surface area contributed by atoms with Crippen molar-refractivity contribution in [3.05, 3.63) is 29.3 Å². The second kappa shape index (κ2) is 6.13. The van der Waals surface area contributed by atoms with Crippen molar-refractivity contribution >= 4 is 33.4 Å². The minimum absolute atomic E-state index is 0.0202. The molecule has 1 spiro atoms. The lowest BCUT2D eigenvalue weighted by Crippen LogP contribution is -2.42. The second-order valence-electron chi connectivity index (χ2n) is 7.92. The van der Waals surface area contributed by atoms with Crippen molar-refractivity contribution in [3.63, 3.8) is 0 Å². The largest absolute Gasteiger partial charge is 0.276 e. The van der Waals surface area contributed by atoms with Crippen LogP contribution < -0.4 is 0 Å². The topological polar surface area (TPSA) is 53.5 Å². The average Bonchev–Trinajstić information content (AvgIpc) is 3.39. The number of fused-ring (bicyclic) bond motifs is 1. The first-order chi connectivity index (χ1) is 12.7. The predicted molar refractivity (Wildman–Crippen MR) is 101 cm³/mol. The van der Waals surface area contributed by atoms with Crippen molar-refractivity contribution in [1.29, 1.82) is 0 Å². The summed E-state index contributed by atoms with van der Waals surface area (Å²) in [5.41, 5.74) is 0.667.